The molecule has 0 aliphatic rings. The minimum Gasteiger partial charge on any atom is -0.422 e. The molecule has 1 aromatic carbocycles. The van der Waals surface area contributed by atoms with Crippen molar-refractivity contribution in [3.63, 3.8) is 0 Å². The number of rotatable bonds is 4. The van der Waals surface area contributed by atoms with Crippen molar-refractivity contribution in [3.8, 4) is 0 Å². The van der Waals surface area contributed by atoms with Crippen LogP contribution in [0.3, 0.4) is 0 Å². The van der Waals surface area contributed by atoms with Gasteiger partial charge < -0.3 is 4.42 Å². The molecular formula is C15H12BrN3O3S. The number of nitrogens with one attached hydrogen (secondary N) is 1. The number of carbonyl (C=O) groups is 1. The zero-order valence-corrected chi connectivity index (χ0v) is 14.5. The molecular weight excluding hydrogens is 382 g/mol. The lowest BCUT2D eigenvalue weighted by molar-refractivity contribution is 0.102. The van der Waals surface area contributed by atoms with E-state index in [1.165, 1.54) is 17.4 Å². The fourth-order valence-electron chi connectivity index (χ4n) is 2.04. The number of aryl methyl sites for hydroxylation is 1. The van der Waals surface area contributed by atoms with Gasteiger partial charge in [0.15, 0.2) is 0 Å². The lowest BCUT2D eigenvalue weighted by Gasteiger charge is -2.02. The Morgan fingerprint density at radius 3 is 2.96 bits per heavy atom. The summed E-state index contributed by atoms with van der Waals surface area (Å²) < 4.78 is 6.01. The van der Waals surface area contributed by atoms with Crippen molar-refractivity contribution in [3.05, 3.63) is 49.7 Å². The van der Waals surface area contributed by atoms with Gasteiger partial charge in [-0.3, -0.25) is 10.1 Å². The number of nitrogens with zero attached hydrogens (tertiary/aromatic N) is 2. The Morgan fingerprint density at radius 2 is 2.17 bits per heavy atom. The second-order valence-electron chi connectivity index (χ2n) is 4.83. The molecule has 2 heterocycles. The largest absolute Gasteiger partial charge is 0.422 e. The van der Waals surface area contributed by atoms with Crippen LogP contribution < -0.4 is 10.9 Å². The Kier molecular flexibility index (Phi) is 4.53. The van der Waals surface area contributed by atoms with Gasteiger partial charge in [-0.2, -0.15) is 0 Å². The van der Waals surface area contributed by atoms with Gasteiger partial charge in [0.1, 0.15) is 16.2 Å². The minimum atomic E-state index is -0.685. The minimum absolute atomic E-state index is 0.0668. The third-order valence-corrected chi connectivity index (χ3v) is 4.48. The zero-order valence-electron chi connectivity index (χ0n) is 12.1. The lowest BCUT2D eigenvalue weighted by atomic mass is 10.2. The molecule has 3 aromatic rings. The van der Waals surface area contributed by atoms with Crippen molar-refractivity contribution in [1.82, 2.24) is 10.2 Å². The summed E-state index contributed by atoms with van der Waals surface area (Å²) in [5, 5.41) is 12.3. The molecule has 0 saturated carbocycles. The number of hydrogen-bond donors (Lipinski definition) is 1. The van der Waals surface area contributed by atoms with Gasteiger partial charge in [0, 0.05) is 16.3 Å². The van der Waals surface area contributed by atoms with Crippen LogP contribution in [0.4, 0.5) is 5.13 Å². The normalized spacial score (nSPS) is 10.9. The fraction of sp³-hybridized carbons (Fsp3) is 0.200. The average molecular weight is 394 g/mol. The van der Waals surface area contributed by atoms with Crippen molar-refractivity contribution >= 4 is 49.3 Å². The first-order chi connectivity index (χ1) is 11.1. The van der Waals surface area contributed by atoms with Crippen molar-refractivity contribution < 1.29 is 9.21 Å². The maximum absolute atomic E-state index is 12.3. The molecule has 0 aliphatic carbocycles. The standard InChI is InChI=1S/C15H12BrN3O3S/c1-2-3-12-18-19-15(23-12)17-13(20)10-7-8-6-9(16)4-5-11(8)22-14(10)21/h4-7H,2-3H2,1H3,(H,17,19,20). The number of benzene rings is 1. The van der Waals surface area contributed by atoms with E-state index in [9.17, 15) is 9.59 Å². The smallest absolute Gasteiger partial charge is 0.349 e. The van der Waals surface area contributed by atoms with E-state index in [4.69, 9.17) is 4.42 Å². The highest BCUT2D eigenvalue weighted by molar-refractivity contribution is 9.10. The Hall–Kier alpha value is -2.06. The van der Waals surface area contributed by atoms with Gasteiger partial charge in [-0.1, -0.05) is 34.2 Å². The molecule has 118 valence electrons. The molecule has 23 heavy (non-hydrogen) atoms. The van der Waals surface area contributed by atoms with E-state index in [1.807, 2.05) is 6.92 Å². The van der Waals surface area contributed by atoms with Crippen LogP contribution in [0.15, 0.2) is 37.9 Å². The van der Waals surface area contributed by atoms with Crippen molar-refractivity contribution in [2.24, 2.45) is 0 Å². The molecule has 2 aromatic heterocycles. The number of halogens is 1. The lowest BCUT2D eigenvalue weighted by Crippen LogP contribution is -2.20. The number of anilines is 1. The van der Waals surface area contributed by atoms with E-state index in [0.29, 0.717) is 16.1 Å². The van der Waals surface area contributed by atoms with Gasteiger partial charge in [0.25, 0.3) is 5.91 Å². The van der Waals surface area contributed by atoms with Crippen LogP contribution in [-0.4, -0.2) is 16.1 Å². The van der Waals surface area contributed by atoms with Crippen LogP contribution in [0.25, 0.3) is 11.0 Å². The molecule has 3 rings (SSSR count). The molecule has 0 atom stereocenters. The van der Waals surface area contributed by atoms with Crippen LogP contribution in [-0.2, 0) is 6.42 Å². The van der Waals surface area contributed by atoms with Crippen LogP contribution in [0, 0.1) is 0 Å². The molecule has 0 bridgehead atoms. The first kappa shape index (κ1) is 15.8. The predicted octanol–water partition coefficient (Wildman–Crippen LogP) is 3.61. The van der Waals surface area contributed by atoms with E-state index < -0.39 is 11.5 Å². The van der Waals surface area contributed by atoms with Gasteiger partial charge in [0.2, 0.25) is 5.13 Å². The summed E-state index contributed by atoms with van der Waals surface area (Å²) in [6.45, 7) is 2.04. The first-order valence-electron chi connectivity index (χ1n) is 6.94. The second-order valence-corrected chi connectivity index (χ2v) is 6.81. The summed E-state index contributed by atoms with van der Waals surface area (Å²) in [7, 11) is 0. The highest BCUT2D eigenvalue weighted by Gasteiger charge is 2.16. The summed E-state index contributed by atoms with van der Waals surface area (Å²) in [5.41, 5.74) is -0.325. The number of hydrogen-bond acceptors (Lipinski definition) is 6. The Balaban J connectivity index is 1.90. The van der Waals surface area contributed by atoms with Crippen molar-refractivity contribution in [1.29, 1.82) is 0 Å². The van der Waals surface area contributed by atoms with Crippen LogP contribution in [0.2, 0.25) is 0 Å². The third kappa shape index (κ3) is 3.48. The zero-order chi connectivity index (χ0) is 16.4. The molecule has 0 spiro atoms. The number of carbonyl (C=O) groups excluding carboxylic acids is 1. The summed E-state index contributed by atoms with van der Waals surface area (Å²) in [5.74, 6) is -0.556. The topological polar surface area (TPSA) is 85.1 Å². The van der Waals surface area contributed by atoms with Crippen LogP contribution in [0.1, 0.15) is 28.7 Å². The molecule has 6 nitrogen and oxygen atoms in total. The molecule has 1 N–H and O–H groups in total. The SMILES string of the molecule is CCCc1nnc(NC(=O)c2cc3cc(Br)ccc3oc2=O)s1. The number of amides is 1. The van der Waals surface area contributed by atoms with Gasteiger partial charge in [0.05, 0.1) is 0 Å². The van der Waals surface area contributed by atoms with Crippen molar-refractivity contribution in [2.45, 2.75) is 19.8 Å². The van der Waals surface area contributed by atoms with E-state index >= 15 is 0 Å². The molecule has 0 radical (unpaired) electrons. The number of aromatic nitrogens is 2. The Labute approximate surface area is 143 Å². The van der Waals surface area contributed by atoms with Crippen LogP contribution >= 0.6 is 27.3 Å². The third-order valence-electron chi connectivity index (χ3n) is 3.09. The average Bonchev–Trinajstić information content (AvgIpc) is 2.94. The quantitative estimate of drug-likeness (QED) is 0.684. The summed E-state index contributed by atoms with van der Waals surface area (Å²) in [6, 6.07) is 6.72. The fourth-order valence-corrected chi connectivity index (χ4v) is 3.25. The van der Waals surface area contributed by atoms with Gasteiger partial charge in [-0.25, -0.2) is 4.79 Å². The van der Waals surface area contributed by atoms with E-state index in [2.05, 4.69) is 31.4 Å². The predicted molar refractivity (Wildman–Crippen MR) is 92.0 cm³/mol. The highest BCUT2D eigenvalue weighted by atomic mass is 79.9. The van der Waals surface area contributed by atoms with Gasteiger partial charge in [-0.05, 0) is 30.7 Å². The Morgan fingerprint density at radius 1 is 1.35 bits per heavy atom. The molecule has 0 unspecified atom stereocenters. The maximum Gasteiger partial charge on any atom is 0.349 e. The first-order valence-corrected chi connectivity index (χ1v) is 8.55. The van der Waals surface area contributed by atoms with Gasteiger partial charge in [-0.15, -0.1) is 10.2 Å². The summed E-state index contributed by atoms with van der Waals surface area (Å²) >= 11 is 4.64. The van der Waals surface area contributed by atoms with E-state index in [0.717, 1.165) is 22.3 Å². The monoisotopic (exact) mass is 393 g/mol. The maximum atomic E-state index is 12.3. The molecule has 0 fully saturated rings. The van der Waals surface area contributed by atoms with Crippen LogP contribution in [0.5, 0.6) is 0 Å². The number of fused-ring (bicyclic) bond motifs is 1. The highest BCUT2D eigenvalue weighted by Crippen LogP contribution is 2.20. The van der Waals surface area contributed by atoms with Gasteiger partial charge >= 0.3 is 5.63 Å². The molecule has 1 amide bonds. The van der Waals surface area contributed by atoms with E-state index in [-0.39, 0.29) is 5.56 Å². The molecule has 0 saturated heterocycles. The van der Waals surface area contributed by atoms with Crippen molar-refractivity contribution in [2.75, 3.05) is 5.32 Å². The molecule has 0 aliphatic heterocycles. The second kappa shape index (κ2) is 6.59. The summed E-state index contributed by atoms with van der Waals surface area (Å²) in [4.78, 5) is 24.3. The Bertz CT molecular complexity index is 935. The summed E-state index contributed by atoms with van der Waals surface area (Å²) in [6.07, 6.45) is 1.76. The molecule has 8 heteroatoms. The van der Waals surface area contributed by atoms with E-state index in [1.54, 1.807) is 18.2 Å².